The fraction of sp³-hybridized carbons (Fsp3) is 0.200. The topological polar surface area (TPSA) is 145 Å². The maximum absolute atomic E-state index is 11.8. The number of nitro groups is 1. The highest BCUT2D eigenvalue weighted by Gasteiger charge is 2.21. The first-order chi connectivity index (χ1) is 9.93. The van der Waals surface area contributed by atoms with Crippen LogP contribution in [0.5, 0.6) is 0 Å². The fourth-order valence-electron chi connectivity index (χ4n) is 1.52. The first kappa shape index (κ1) is 14.3. The lowest BCUT2D eigenvalue weighted by atomic mass is 10.4. The Bertz CT molecular complexity index is 695. The van der Waals surface area contributed by atoms with Gasteiger partial charge in [0.15, 0.2) is 5.69 Å². The van der Waals surface area contributed by atoms with Crippen LogP contribution < -0.4 is 11.3 Å². The van der Waals surface area contributed by atoms with Gasteiger partial charge in [-0.3, -0.25) is 20.3 Å². The van der Waals surface area contributed by atoms with Crippen LogP contribution in [0.15, 0.2) is 18.5 Å². The van der Waals surface area contributed by atoms with Gasteiger partial charge in [-0.15, -0.1) is 0 Å². The predicted octanol–water partition coefficient (Wildman–Crippen LogP) is -0.442. The second kappa shape index (κ2) is 5.50. The van der Waals surface area contributed by atoms with E-state index < -0.39 is 4.92 Å². The van der Waals surface area contributed by atoms with Gasteiger partial charge in [-0.25, -0.2) is 15.5 Å². The molecular formula is C10H12N8O3. The second-order valence-electron chi connectivity index (χ2n) is 4.15. The Morgan fingerprint density at radius 3 is 2.81 bits per heavy atom. The van der Waals surface area contributed by atoms with Gasteiger partial charge in [-0.2, -0.15) is 10.1 Å². The second-order valence-corrected chi connectivity index (χ2v) is 4.15. The summed E-state index contributed by atoms with van der Waals surface area (Å²) in [6, 6.07) is 1.43. The van der Waals surface area contributed by atoms with E-state index >= 15 is 0 Å². The molecule has 0 saturated carbocycles. The van der Waals surface area contributed by atoms with Crippen LogP contribution in [0.2, 0.25) is 0 Å². The molecule has 0 fully saturated rings. The van der Waals surface area contributed by atoms with Crippen LogP contribution in [0.25, 0.3) is 5.82 Å². The predicted molar refractivity (Wildman–Crippen MR) is 71.6 cm³/mol. The van der Waals surface area contributed by atoms with E-state index in [0.717, 1.165) is 10.9 Å². The standard InChI is InChI=1S/C10H12N8O3/c1-16(2)9(19)6-3-4-17(15-6)8-7(18(20)21)5-12-10(13-8)14-11/h3-5H,11H2,1-2H3,(H,12,13,14). The number of hydrogen-bond acceptors (Lipinski definition) is 8. The highest BCUT2D eigenvalue weighted by atomic mass is 16.6. The van der Waals surface area contributed by atoms with Gasteiger partial charge in [-0.05, 0) is 6.07 Å². The number of carbonyl (C=O) groups is 1. The molecule has 0 aliphatic heterocycles. The first-order valence-corrected chi connectivity index (χ1v) is 5.69. The Balaban J connectivity index is 2.50. The van der Waals surface area contributed by atoms with Gasteiger partial charge in [0.2, 0.25) is 11.8 Å². The Labute approximate surface area is 118 Å². The summed E-state index contributed by atoms with van der Waals surface area (Å²) in [5.41, 5.74) is 1.96. The minimum Gasteiger partial charge on any atom is -0.343 e. The zero-order valence-corrected chi connectivity index (χ0v) is 11.2. The van der Waals surface area contributed by atoms with E-state index in [4.69, 9.17) is 5.84 Å². The Morgan fingerprint density at radius 2 is 2.24 bits per heavy atom. The summed E-state index contributed by atoms with van der Waals surface area (Å²) in [5, 5.41) is 15.0. The number of nitrogen functional groups attached to an aromatic ring is 1. The molecule has 11 heteroatoms. The molecule has 2 rings (SSSR count). The van der Waals surface area contributed by atoms with Crippen LogP contribution in [-0.2, 0) is 0 Å². The number of nitrogens with zero attached hydrogens (tertiary/aromatic N) is 6. The molecular weight excluding hydrogens is 280 g/mol. The van der Waals surface area contributed by atoms with Crippen molar-refractivity contribution in [2.24, 2.45) is 5.84 Å². The lowest BCUT2D eigenvalue weighted by Crippen LogP contribution is -2.22. The van der Waals surface area contributed by atoms with Crippen LogP contribution in [0, 0.1) is 10.1 Å². The maximum Gasteiger partial charge on any atom is 0.332 e. The van der Waals surface area contributed by atoms with Crippen molar-refractivity contribution in [2.75, 3.05) is 19.5 Å². The van der Waals surface area contributed by atoms with E-state index in [1.54, 1.807) is 14.1 Å². The molecule has 0 radical (unpaired) electrons. The van der Waals surface area contributed by atoms with Crippen molar-refractivity contribution in [3.63, 3.8) is 0 Å². The number of hydrogen-bond donors (Lipinski definition) is 2. The molecule has 11 nitrogen and oxygen atoms in total. The van der Waals surface area contributed by atoms with E-state index in [0.29, 0.717) is 0 Å². The summed E-state index contributed by atoms with van der Waals surface area (Å²) in [5.74, 6) is 4.75. The quantitative estimate of drug-likeness (QED) is 0.438. The van der Waals surface area contributed by atoms with Crippen LogP contribution >= 0.6 is 0 Å². The maximum atomic E-state index is 11.8. The van der Waals surface area contributed by atoms with Crippen molar-refractivity contribution in [3.05, 3.63) is 34.3 Å². The van der Waals surface area contributed by atoms with Crippen LogP contribution in [-0.4, -0.2) is 49.6 Å². The molecule has 2 aromatic rings. The molecule has 0 aliphatic rings. The largest absolute Gasteiger partial charge is 0.343 e. The third-order valence-corrected chi connectivity index (χ3v) is 2.51. The molecule has 2 heterocycles. The molecule has 21 heavy (non-hydrogen) atoms. The van der Waals surface area contributed by atoms with Crippen molar-refractivity contribution >= 4 is 17.5 Å². The van der Waals surface area contributed by atoms with Gasteiger partial charge in [0, 0.05) is 20.3 Å². The SMILES string of the molecule is CN(C)C(=O)c1ccn(-c2nc(NN)ncc2[N+](=O)[O-])n1. The van der Waals surface area contributed by atoms with Gasteiger partial charge in [0.25, 0.3) is 5.91 Å². The van der Waals surface area contributed by atoms with E-state index in [-0.39, 0.29) is 29.1 Å². The summed E-state index contributed by atoms with van der Waals surface area (Å²) >= 11 is 0. The van der Waals surface area contributed by atoms with Crippen LogP contribution in [0.3, 0.4) is 0 Å². The molecule has 110 valence electrons. The average Bonchev–Trinajstić information content (AvgIpc) is 2.95. The summed E-state index contributed by atoms with van der Waals surface area (Å²) in [6.45, 7) is 0. The van der Waals surface area contributed by atoms with Gasteiger partial charge in [0.05, 0.1) is 4.92 Å². The molecule has 1 amide bonds. The molecule has 0 bridgehead atoms. The number of nitrogens with one attached hydrogen (secondary N) is 1. The molecule has 3 N–H and O–H groups in total. The zero-order valence-electron chi connectivity index (χ0n) is 11.2. The highest BCUT2D eigenvalue weighted by Crippen LogP contribution is 2.20. The number of carbonyl (C=O) groups excluding carboxylic acids is 1. The molecule has 0 unspecified atom stereocenters. The number of aromatic nitrogens is 4. The third kappa shape index (κ3) is 2.76. The Morgan fingerprint density at radius 1 is 1.52 bits per heavy atom. The van der Waals surface area contributed by atoms with Gasteiger partial charge < -0.3 is 4.90 Å². The van der Waals surface area contributed by atoms with Gasteiger partial charge in [0.1, 0.15) is 6.20 Å². The molecule has 0 spiro atoms. The summed E-state index contributed by atoms with van der Waals surface area (Å²) < 4.78 is 1.12. The van der Waals surface area contributed by atoms with Crippen molar-refractivity contribution in [2.45, 2.75) is 0 Å². The Hall–Kier alpha value is -3.08. The molecule has 0 aromatic carbocycles. The van der Waals surface area contributed by atoms with Gasteiger partial charge in [-0.1, -0.05) is 0 Å². The Kier molecular flexibility index (Phi) is 3.75. The normalized spacial score (nSPS) is 10.2. The third-order valence-electron chi connectivity index (χ3n) is 2.51. The highest BCUT2D eigenvalue weighted by molar-refractivity contribution is 5.91. The lowest BCUT2D eigenvalue weighted by Gasteiger charge is -2.07. The van der Waals surface area contributed by atoms with Crippen molar-refractivity contribution in [1.82, 2.24) is 24.6 Å². The van der Waals surface area contributed by atoms with Crippen molar-refractivity contribution in [3.8, 4) is 5.82 Å². The number of nitrogens with two attached hydrogens (primary N) is 1. The summed E-state index contributed by atoms with van der Waals surface area (Å²) in [7, 11) is 3.15. The number of anilines is 1. The van der Waals surface area contributed by atoms with E-state index in [2.05, 4.69) is 20.5 Å². The van der Waals surface area contributed by atoms with E-state index in [9.17, 15) is 14.9 Å². The van der Waals surface area contributed by atoms with E-state index in [1.807, 2.05) is 0 Å². The number of rotatable bonds is 4. The first-order valence-electron chi connectivity index (χ1n) is 5.69. The molecule has 2 aromatic heterocycles. The van der Waals surface area contributed by atoms with Crippen LogP contribution in [0.1, 0.15) is 10.5 Å². The molecule has 0 saturated heterocycles. The lowest BCUT2D eigenvalue weighted by molar-refractivity contribution is -0.385. The van der Waals surface area contributed by atoms with Crippen molar-refractivity contribution < 1.29 is 9.72 Å². The fourth-order valence-corrected chi connectivity index (χ4v) is 1.52. The zero-order chi connectivity index (χ0) is 15.6. The summed E-state index contributed by atoms with van der Waals surface area (Å²) in [4.78, 5) is 31.0. The number of hydrazine groups is 1. The minimum atomic E-state index is -0.648. The molecule has 0 atom stereocenters. The minimum absolute atomic E-state index is 0.00779. The smallest absolute Gasteiger partial charge is 0.332 e. The molecule has 0 aliphatic carbocycles. The van der Waals surface area contributed by atoms with Gasteiger partial charge >= 0.3 is 5.69 Å². The van der Waals surface area contributed by atoms with Crippen LogP contribution in [0.4, 0.5) is 11.6 Å². The average molecular weight is 292 g/mol. The van der Waals surface area contributed by atoms with Crippen molar-refractivity contribution in [1.29, 1.82) is 0 Å². The monoisotopic (exact) mass is 292 g/mol. The number of amides is 1. The van der Waals surface area contributed by atoms with E-state index in [1.165, 1.54) is 17.2 Å². The summed E-state index contributed by atoms with van der Waals surface area (Å²) in [6.07, 6.45) is 2.40.